The Bertz CT molecular complexity index is 676. The van der Waals surface area contributed by atoms with Crippen LogP contribution in [0.3, 0.4) is 0 Å². The fraction of sp³-hybridized carbons (Fsp3) is 0.471. The van der Waals surface area contributed by atoms with E-state index in [9.17, 15) is 19.5 Å². The molecule has 1 unspecified atom stereocenters. The lowest BCUT2D eigenvalue weighted by atomic mass is 9.91. The average molecular weight is 335 g/mol. The zero-order valence-electron chi connectivity index (χ0n) is 14.2. The van der Waals surface area contributed by atoms with Gasteiger partial charge in [-0.3, -0.25) is 4.90 Å². The lowest BCUT2D eigenvalue weighted by molar-refractivity contribution is -0.143. The number of amides is 1. The highest BCUT2D eigenvalue weighted by Crippen LogP contribution is 2.32. The van der Waals surface area contributed by atoms with E-state index < -0.39 is 29.7 Å². The van der Waals surface area contributed by atoms with Gasteiger partial charge in [0.15, 0.2) is 6.04 Å². The van der Waals surface area contributed by atoms with E-state index in [4.69, 9.17) is 4.74 Å². The van der Waals surface area contributed by atoms with E-state index in [0.717, 1.165) is 5.56 Å². The summed E-state index contributed by atoms with van der Waals surface area (Å²) in [4.78, 5) is 37.0. The first-order valence-electron chi connectivity index (χ1n) is 7.57. The van der Waals surface area contributed by atoms with Crippen LogP contribution in [0.25, 0.3) is 0 Å². The number of fused-ring (bicyclic) bond motifs is 1. The predicted octanol–water partition coefficient (Wildman–Crippen LogP) is 2.39. The van der Waals surface area contributed by atoms with Gasteiger partial charge >= 0.3 is 18.0 Å². The molecule has 130 valence electrons. The van der Waals surface area contributed by atoms with Gasteiger partial charge in [-0.2, -0.15) is 0 Å². The largest absolute Gasteiger partial charge is 0.479 e. The van der Waals surface area contributed by atoms with E-state index in [0.29, 0.717) is 12.0 Å². The summed E-state index contributed by atoms with van der Waals surface area (Å²) in [5, 5.41) is 9.62. The maximum Gasteiger partial charge on any atom is 0.411 e. The van der Waals surface area contributed by atoms with Crippen molar-refractivity contribution >= 4 is 18.0 Å². The molecular weight excluding hydrogens is 314 g/mol. The van der Waals surface area contributed by atoms with Crippen LogP contribution in [0.1, 0.15) is 48.3 Å². The number of carbonyl (C=O) groups excluding carboxylic acids is 2. The van der Waals surface area contributed by atoms with Gasteiger partial charge in [-0.05, 0) is 50.5 Å². The number of esters is 1. The standard InChI is InChI=1S/C17H21NO6/c1-17(2,3)24-16(22)18-8-7-10-5-6-11(15(21)23-4)9-12(10)13(18)14(19)20/h5-6,9,13H,7-8H2,1-4H3,(H,19,20). The summed E-state index contributed by atoms with van der Waals surface area (Å²) in [6.45, 7) is 5.38. The molecule has 1 aromatic rings. The van der Waals surface area contributed by atoms with Crippen molar-refractivity contribution in [3.05, 3.63) is 34.9 Å². The van der Waals surface area contributed by atoms with E-state index in [1.807, 2.05) is 0 Å². The van der Waals surface area contributed by atoms with Crippen molar-refractivity contribution in [2.75, 3.05) is 13.7 Å². The second kappa shape index (κ2) is 6.51. The molecule has 0 aromatic heterocycles. The molecule has 1 heterocycles. The summed E-state index contributed by atoms with van der Waals surface area (Å²) in [6.07, 6.45) is -0.205. The number of carboxylic acid groups (broad SMARTS) is 1. The van der Waals surface area contributed by atoms with E-state index in [1.54, 1.807) is 32.9 Å². The smallest absolute Gasteiger partial charge is 0.411 e. The van der Waals surface area contributed by atoms with Crippen LogP contribution in [0.2, 0.25) is 0 Å². The SMILES string of the molecule is COC(=O)c1ccc2c(c1)C(C(=O)O)N(C(=O)OC(C)(C)C)CC2. The minimum atomic E-state index is -1.20. The van der Waals surface area contributed by atoms with E-state index >= 15 is 0 Å². The first kappa shape index (κ1) is 17.8. The molecule has 2 rings (SSSR count). The van der Waals surface area contributed by atoms with Gasteiger partial charge in [0.05, 0.1) is 12.7 Å². The number of aliphatic carboxylic acids is 1. The number of hydrogen-bond acceptors (Lipinski definition) is 5. The van der Waals surface area contributed by atoms with Crippen molar-refractivity contribution in [3.8, 4) is 0 Å². The highest BCUT2D eigenvalue weighted by atomic mass is 16.6. The van der Waals surface area contributed by atoms with Gasteiger partial charge in [0, 0.05) is 6.54 Å². The zero-order valence-corrected chi connectivity index (χ0v) is 14.2. The Kier molecular flexibility index (Phi) is 4.82. The van der Waals surface area contributed by atoms with Gasteiger partial charge in [-0.15, -0.1) is 0 Å². The summed E-state index contributed by atoms with van der Waals surface area (Å²) in [6, 6.07) is 3.56. The lowest BCUT2D eigenvalue weighted by Gasteiger charge is -2.36. The molecule has 0 aliphatic carbocycles. The summed E-state index contributed by atoms with van der Waals surface area (Å²) >= 11 is 0. The molecule has 7 nitrogen and oxygen atoms in total. The average Bonchev–Trinajstić information content (AvgIpc) is 2.50. The van der Waals surface area contributed by atoms with Crippen LogP contribution in [-0.2, 0) is 20.7 Å². The van der Waals surface area contributed by atoms with Crippen LogP contribution >= 0.6 is 0 Å². The third-order valence-electron chi connectivity index (χ3n) is 3.66. The van der Waals surface area contributed by atoms with Crippen molar-refractivity contribution in [1.82, 2.24) is 4.90 Å². The Hall–Kier alpha value is -2.57. The monoisotopic (exact) mass is 335 g/mol. The third-order valence-corrected chi connectivity index (χ3v) is 3.66. The normalized spacial score (nSPS) is 17.0. The van der Waals surface area contributed by atoms with Crippen molar-refractivity contribution in [2.24, 2.45) is 0 Å². The Balaban J connectivity index is 2.42. The molecule has 7 heteroatoms. The molecule has 1 amide bonds. The number of hydrogen-bond donors (Lipinski definition) is 1. The molecule has 0 saturated heterocycles. The number of benzene rings is 1. The number of methoxy groups -OCH3 is 1. The van der Waals surface area contributed by atoms with Crippen LogP contribution < -0.4 is 0 Å². The van der Waals surface area contributed by atoms with Gasteiger partial charge in [0.2, 0.25) is 0 Å². The number of ether oxygens (including phenoxy) is 2. The van der Waals surface area contributed by atoms with E-state index in [2.05, 4.69) is 4.74 Å². The van der Waals surface area contributed by atoms with Crippen molar-refractivity contribution < 1.29 is 29.0 Å². The highest BCUT2D eigenvalue weighted by molar-refractivity contribution is 5.91. The molecule has 0 spiro atoms. The Morgan fingerprint density at radius 3 is 2.46 bits per heavy atom. The first-order chi connectivity index (χ1) is 11.1. The van der Waals surface area contributed by atoms with Gasteiger partial charge in [0.1, 0.15) is 5.60 Å². The number of carboxylic acids is 1. The van der Waals surface area contributed by atoms with E-state index in [-0.39, 0.29) is 12.1 Å². The van der Waals surface area contributed by atoms with Gasteiger partial charge < -0.3 is 14.6 Å². The third kappa shape index (κ3) is 3.67. The number of carbonyl (C=O) groups is 3. The quantitative estimate of drug-likeness (QED) is 0.834. The molecule has 0 saturated carbocycles. The minimum Gasteiger partial charge on any atom is -0.479 e. The van der Waals surface area contributed by atoms with Crippen molar-refractivity contribution in [3.63, 3.8) is 0 Å². The maximum atomic E-state index is 12.4. The van der Waals surface area contributed by atoms with Crippen LogP contribution in [0.15, 0.2) is 18.2 Å². The minimum absolute atomic E-state index is 0.233. The molecule has 1 aliphatic heterocycles. The predicted molar refractivity (Wildman–Crippen MR) is 84.8 cm³/mol. The highest BCUT2D eigenvalue weighted by Gasteiger charge is 2.38. The second-order valence-corrected chi connectivity index (χ2v) is 6.57. The van der Waals surface area contributed by atoms with Crippen LogP contribution in [0.5, 0.6) is 0 Å². The number of nitrogens with zero attached hydrogens (tertiary/aromatic N) is 1. The molecule has 1 aliphatic rings. The van der Waals surface area contributed by atoms with Crippen molar-refractivity contribution in [1.29, 1.82) is 0 Å². The summed E-state index contributed by atoms with van der Waals surface area (Å²) in [5.41, 5.74) is 0.708. The maximum absolute atomic E-state index is 12.4. The van der Waals surface area contributed by atoms with Gasteiger partial charge in [-0.1, -0.05) is 6.07 Å². The van der Waals surface area contributed by atoms with Gasteiger partial charge in [-0.25, -0.2) is 14.4 Å². The second-order valence-electron chi connectivity index (χ2n) is 6.57. The molecule has 0 bridgehead atoms. The fourth-order valence-electron chi connectivity index (χ4n) is 2.64. The zero-order chi connectivity index (χ0) is 18.1. The van der Waals surface area contributed by atoms with Crippen LogP contribution in [0, 0.1) is 0 Å². The summed E-state index contributed by atoms with van der Waals surface area (Å²) < 4.78 is 9.98. The Morgan fingerprint density at radius 1 is 1.25 bits per heavy atom. The fourth-order valence-corrected chi connectivity index (χ4v) is 2.64. The molecule has 1 N–H and O–H groups in total. The van der Waals surface area contributed by atoms with Crippen LogP contribution in [-0.4, -0.2) is 47.3 Å². The molecule has 1 atom stereocenters. The molecule has 0 radical (unpaired) electrons. The lowest BCUT2D eigenvalue weighted by Crippen LogP contribution is -2.45. The molecular formula is C17H21NO6. The van der Waals surface area contributed by atoms with Crippen LogP contribution in [0.4, 0.5) is 4.79 Å². The Morgan fingerprint density at radius 2 is 1.92 bits per heavy atom. The van der Waals surface area contributed by atoms with Gasteiger partial charge in [0.25, 0.3) is 0 Å². The first-order valence-corrected chi connectivity index (χ1v) is 7.57. The number of rotatable bonds is 2. The molecule has 0 fully saturated rings. The Labute approximate surface area is 140 Å². The summed E-state index contributed by atoms with van der Waals surface area (Å²) in [7, 11) is 1.25. The molecule has 1 aromatic carbocycles. The topological polar surface area (TPSA) is 93.1 Å². The van der Waals surface area contributed by atoms with Crippen molar-refractivity contribution in [2.45, 2.75) is 38.8 Å². The summed E-state index contributed by atoms with van der Waals surface area (Å²) in [5.74, 6) is -1.74. The molecule has 24 heavy (non-hydrogen) atoms. The van der Waals surface area contributed by atoms with E-state index in [1.165, 1.54) is 18.1 Å².